The average molecular weight is 326 g/mol. The number of rotatable bonds is 3. The Morgan fingerprint density at radius 2 is 1.61 bits per heavy atom. The molecule has 0 fully saturated rings. The summed E-state index contributed by atoms with van der Waals surface area (Å²) in [6.07, 6.45) is 0. The Labute approximate surface area is 134 Å². The summed E-state index contributed by atoms with van der Waals surface area (Å²) in [5.74, 6) is 1.18. The van der Waals surface area contributed by atoms with Gasteiger partial charge in [0.1, 0.15) is 0 Å². The summed E-state index contributed by atoms with van der Waals surface area (Å²) in [5.41, 5.74) is 0.683. The quantitative estimate of drug-likeness (QED) is 0.739. The van der Waals surface area contributed by atoms with Gasteiger partial charge in [0, 0.05) is 0 Å². The van der Waals surface area contributed by atoms with Gasteiger partial charge in [-0.15, -0.1) is 0 Å². The van der Waals surface area contributed by atoms with Crippen molar-refractivity contribution in [3.63, 3.8) is 0 Å². The predicted octanol–water partition coefficient (Wildman–Crippen LogP) is 3.54. The van der Waals surface area contributed by atoms with Crippen LogP contribution in [-0.2, 0) is 15.6 Å². The van der Waals surface area contributed by atoms with Crippen LogP contribution in [0, 0.1) is 0 Å². The van der Waals surface area contributed by atoms with Crippen molar-refractivity contribution in [2.45, 2.75) is 10.6 Å². The summed E-state index contributed by atoms with van der Waals surface area (Å²) < 4.78 is 35.9. The first-order chi connectivity index (χ1) is 11.1. The van der Waals surface area contributed by atoms with E-state index in [9.17, 15) is 8.42 Å². The van der Waals surface area contributed by atoms with E-state index in [4.69, 9.17) is 9.47 Å². The third-order valence-corrected chi connectivity index (χ3v) is 5.56. The van der Waals surface area contributed by atoms with Crippen LogP contribution < -0.4 is 9.47 Å². The fourth-order valence-electron chi connectivity index (χ4n) is 2.69. The van der Waals surface area contributed by atoms with Gasteiger partial charge >= 0.3 is 0 Å². The standard InChI is InChI=1S/C18H14O4S/c19-23(20,11-13-5-8-17-18(9-13)22-12-21-17)16-7-6-14-3-1-2-4-15(14)10-16/h1-10H,11-12H2. The van der Waals surface area contributed by atoms with Gasteiger partial charge in [0.2, 0.25) is 6.79 Å². The van der Waals surface area contributed by atoms with Crippen LogP contribution in [0.3, 0.4) is 0 Å². The second-order valence-corrected chi connectivity index (χ2v) is 7.45. The summed E-state index contributed by atoms with van der Waals surface area (Å²) in [4.78, 5) is 0.328. The van der Waals surface area contributed by atoms with Crippen LogP contribution in [0.15, 0.2) is 65.6 Å². The van der Waals surface area contributed by atoms with Crippen molar-refractivity contribution >= 4 is 20.6 Å². The van der Waals surface area contributed by atoms with Crippen molar-refractivity contribution in [2.24, 2.45) is 0 Å². The summed E-state index contributed by atoms with van der Waals surface area (Å²) in [7, 11) is -3.42. The lowest BCUT2D eigenvalue weighted by molar-refractivity contribution is 0.174. The van der Waals surface area contributed by atoms with Crippen molar-refractivity contribution in [1.82, 2.24) is 0 Å². The molecule has 0 unspecified atom stereocenters. The molecule has 23 heavy (non-hydrogen) atoms. The lowest BCUT2D eigenvalue weighted by atomic mass is 10.1. The van der Waals surface area contributed by atoms with Crippen molar-refractivity contribution in [1.29, 1.82) is 0 Å². The Morgan fingerprint density at radius 3 is 2.48 bits per heavy atom. The van der Waals surface area contributed by atoms with E-state index in [1.54, 1.807) is 30.3 Å². The Hall–Kier alpha value is -2.53. The van der Waals surface area contributed by atoms with E-state index in [1.807, 2.05) is 30.3 Å². The van der Waals surface area contributed by atoms with Crippen LogP contribution >= 0.6 is 0 Å². The zero-order chi connectivity index (χ0) is 15.9. The number of benzene rings is 3. The highest BCUT2D eigenvalue weighted by Gasteiger charge is 2.19. The number of fused-ring (bicyclic) bond motifs is 2. The first-order valence-electron chi connectivity index (χ1n) is 7.22. The van der Waals surface area contributed by atoms with E-state index in [0.717, 1.165) is 10.8 Å². The molecule has 3 aromatic rings. The molecular weight excluding hydrogens is 312 g/mol. The molecule has 4 nitrogen and oxygen atoms in total. The van der Waals surface area contributed by atoms with Crippen LogP contribution in [0.5, 0.6) is 11.5 Å². The second-order valence-electron chi connectivity index (χ2n) is 5.46. The van der Waals surface area contributed by atoms with E-state index >= 15 is 0 Å². The van der Waals surface area contributed by atoms with Gasteiger partial charge in [0.15, 0.2) is 21.3 Å². The molecule has 0 atom stereocenters. The normalized spacial score (nSPS) is 13.4. The van der Waals surface area contributed by atoms with Crippen molar-refractivity contribution < 1.29 is 17.9 Å². The molecule has 0 N–H and O–H groups in total. The number of ether oxygens (including phenoxy) is 2. The molecule has 5 heteroatoms. The maximum Gasteiger partial charge on any atom is 0.231 e. The molecule has 0 saturated carbocycles. The summed E-state index contributed by atoms with van der Waals surface area (Å²) in [6.45, 7) is 0.177. The lowest BCUT2D eigenvalue weighted by Gasteiger charge is -2.07. The summed E-state index contributed by atoms with van der Waals surface area (Å²) >= 11 is 0. The minimum absolute atomic E-state index is 0.0675. The minimum Gasteiger partial charge on any atom is -0.454 e. The Balaban J connectivity index is 1.68. The predicted molar refractivity (Wildman–Crippen MR) is 87.4 cm³/mol. The molecule has 0 radical (unpaired) electrons. The lowest BCUT2D eigenvalue weighted by Crippen LogP contribution is -2.05. The molecule has 3 aromatic carbocycles. The molecular formula is C18H14O4S. The molecule has 1 aliphatic rings. The highest BCUT2D eigenvalue weighted by Crippen LogP contribution is 2.33. The zero-order valence-electron chi connectivity index (χ0n) is 12.2. The van der Waals surface area contributed by atoms with E-state index in [1.165, 1.54) is 0 Å². The first-order valence-corrected chi connectivity index (χ1v) is 8.87. The van der Waals surface area contributed by atoms with Gasteiger partial charge in [0.05, 0.1) is 10.6 Å². The van der Waals surface area contributed by atoms with Gasteiger partial charge in [-0.25, -0.2) is 8.42 Å². The van der Waals surface area contributed by atoms with Gasteiger partial charge in [-0.05, 0) is 40.6 Å². The highest BCUT2D eigenvalue weighted by atomic mass is 32.2. The van der Waals surface area contributed by atoms with E-state index in [0.29, 0.717) is 22.0 Å². The van der Waals surface area contributed by atoms with Crippen LogP contribution in [0.2, 0.25) is 0 Å². The van der Waals surface area contributed by atoms with Gasteiger partial charge in [-0.1, -0.05) is 36.4 Å². The van der Waals surface area contributed by atoms with Gasteiger partial charge in [0.25, 0.3) is 0 Å². The molecule has 0 aromatic heterocycles. The van der Waals surface area contributed by atoms with Crippen LogP contribution in [0.1, 0.15) is 5.56 Å². The molecule has 0 saturated heterocycles. The molecule has 0 spiro atoms. The van der Waals surface area contributed by atoms with E-state index in [-0.39, 0.29) is 12.5 Å². The van der Waals surface area contributed by atoms with Crippen molar-refractivity contribution in [3.05, 3.63) is 66.2 Å². The fourth-order valence-corrected chi connectivity index (χ4v) is 4.06. The minimum atomic E-state index is -3.42. The van der Waals surface area contributed by atoms with Crippen LogP contribution in [0.4, 0.5) is 0 Å². The maximum atomic E-state index is 12.7. The van der Waals surface area contributed by atoms with Gasteiger partial charge < -0.3 is 9.47 Å². The Morgan fingerprint density at radius 1 is 0.826 bits per heavy atom. The molecule has 4 rings (SSSR count). The zero-order valence-corrected chi connectivity index (χ0v) is 13.0. The van der Waals surface area contributed by atoms with Crippen molar-refractivity contribution in [2.75, 3.05) is 6.79 Å². The smallest absolute Gasteiger partial charge is 0.231 e. The maximum absolute atomic E-state index is 12.7. The van der Waals surface area contributed by atoms with Gasteiger partial charge in [-0.2, -0.15) is 0 Å². The monoisotopic (exact) mass is 326 g/mol. The van der Waals surface area contributed by atoms with Crippen molar-refractivity contribution in [3.8, 4) is 11.5 Å². The first kappa shape index (κ1) is 14.1. The number of hydrogen-bond acceptors (Lipinski definition) is 4. The van der Waals surface area contributed by atoms with E-state index < -0.39 is 9.84 Å². The van der Waals surface area contributed by atoms with E-state index in [2.05, 4.69) is 0 Å². The summed E-state index contributed by atoms with van der Waals surface area (Å²) in [6, 6.07) is 18.1. The fraction of sp³-hybridized carbons (Fsp3) is 0.111. The largest absolute Gasteiger partial charge is 0.454 e. The third-order valence-electron chi connectivity index (χ3n) is 3.87. The molecule has 0 aliphatic carbocycles. The molecule has 0 bridgehead atoms. The second kappa shape index (κ2) is 5.28. The molecule has 116 valence electrons. The molecule has 1 aliphatic heterocycles. The van der Waals surface area contributed by atoms with Gasteiger partial charge in [-0.3, -0.25) is 0 Å². The van der Waals surface area contributed by atoms with Crippen LogP contribution in [-0.4, -0.2) is 15.2 Å². The SMILES string of the molecule is O=S(=O)(Cc1ccc2c(c1)OCO2)c1ccc2ccccc2c1. The number of hydrogen-bond donors (Lipinski definition) is 0. The number of sulfone groups is 1. The topological polar surface area (TPSA) is 52.6 Å². The molecule has 0 amide bonds. The third kappa shape index (κ3) is 2.64. The molecule has 1 heterocycles. The average Bonchev–Trinajstić information content (AvgIpc) is 3.01. The Bertz CT molecular complexity index is 993. The summed E-state index contributed by atoms with van der Waals surface area (Å²) in [5, 5.41) is 1.94. The highest BCUT2D eigenvalue weighted by molar-refractivity contribution is 7.90. The van der Waals surface area contributed by atoms with Crippen LogP contribution in [0.25, 0.3) is 10.8 Å². The Kier molecular flexibility index (Phi) is 3.23.